The van der Waals surface area contributed by atoms with Crippen molar-refractivity contribution < 1.29 is 0 Å². The molecule has 1 aromatic rings. The summed E-state index contributed by atoms with van der Waals surface area (Å²) in [5.74, 6) is 0.490. The maximum atomic E-state index is 5.85. The highest BCUT2D eigenvalue weighted by Crippen LogP contribution is 2.08. The van der Waals surface area contributed by atoms with E-state index in [1.54, 1.807) is 0 Å². The number of halogens is 2. The second kappa shape index (κ2) is 4.63. The van der Waals surface area contributed by atoms with Crippen LogP contribution < -0.4 is 0 Å². The maximum absolute atomic E-state index is 5.85. The van der Waals surface area contributed by atoms with Crippen molar-refractivity contribution in [1.29, 1.82) is 0 Å². The Bertz CT molecular complexity index is 196. The average molecular weight is 188 g/mol. The van der Waals surface area contributed by atoms with Gasteiger partial charge in [0.1, 0.15) is 0 Å². The van der Waals surface area contributed by atoms with Crippen molar-refractivity contribution in [3.8, 4) is 0 Å². The van der Waals surface area contributed by atoms with Crippen molar-refractivity contribution in [3.63, 3.8) is 0 Å². The standard InChI is InChI=1S/C9H9Cl2/c10-7-9(11)6-8-4-2-1-3-5-8/h1-4,9H,6-7H2. The van der Waals surface area contributed by atoms with Crippen LogP contribution in [-0.2, 0) is 6.42 Å². The zero-order valence-corrected chi connectivity index (χ0v) is 7.57. The highest BCUT2D eigenvalue weighted by molar-refractivity contribution is 6.28. The van der Waals surface area contributed by atoms with Crippen LogP contribution in [0.25, 0.3) is 0 Å². The van der Waals surface area contributed by atoms with Gasteiger partial charge in [0.05, 0.1) is 5.38 Å². The molecule has 0 bridgehead atoms. The first-order valence-electron chi connectivity index (χ1n) is 3.48. The van der Waals surface area contributed by atoms with Crippen LogP contribution in [-0.4, -0.2) is 11.3 Å². The van der Waals surface area contributed by atoms with Crippen molar-refractivity contribution in [2.75, 3.05) is 5.88 Å². The largest absolute Gasteiger partial charge is 0.125 e. The van der Waals surface area contributed by atoms with Gasteiger partial charge in [-0.25, -0.2) is 0 Å². The summed E-state index contributed by atoms with van der Waals surface area (Å²) in [4.78, 5) is 0. The van der Waals surface area contributed by atoms with Crippen LogP contribution in [0.15, 0.2) is 24.3 Å². The quantitative estimate of drug-likeness (QED) is 0.639. The van der Waals surface area contributed by atoms with Crippen LogP contribution in [0, 0.1) is 6.07 Å². The molecule has 59 valence electrons. The summed E-state index contributed by atoms with van der Waals surface area (Å²) in [5.41, 5.74) is 1.12. The number of rotatable bonds is 3. The third kappa shape index (κ3) is 3.13. The molecule has 1 rings (SSSR count). The van der Waals surface area contributed by atoms with E-state index in [1.165, 1.54) is 0 Å². The first-order valence-corrected chi connectivity index (χ1v) is 4.45. The van der Waals surface area contributed by atoms with Gasteiger partial charge in [0.25, 0.3) is 0 Å². The van der Waals surface area contributed by atoms with Gasteiger partial charge in [-0.15, -0.1) is 23.2 Å². The predicted octanol–water partition coefficient (Wildman–Crippen LogP) is 2.88. The molecule has 0 amide bonds. The fraction of sp³-hybridized carbons (Fsp3) is 0.333. The molecule has 1 atom stereocenters. The zero-order chi connectivity index (χ0) is 8.10. The van der Waals surface area contributed by atoms with E-state index >= 15 is 0 Å². The summed E-state index contributed by atoms with van der Waals surface area (Å²) >= 11 is 11.4. The molecule has 1 unspecified atom stereocenters. The fourth-order valence-electron chi connectivity index (χ4n) is 0.851. The molecule has 0 saturated heterocycles. The van der Waals surface area contributed by atoms with E-state index in [2.05, 4.69) is 6.07 Å². The van der Waals surface area contributed by atoms with Crippen LogP contribution in [0.3, 0.4) is 0 Å². The highest BCUT2D eigenvalue weighted by Gasteiger charge is 2.02. The van der Waals surface area contributed by atoms with Gasteiger partial charge >= 0.3 is 0 Å². The number of benzene rings is 1. The second-order valence-corrected chi connectivity index (χ2v) is 3.27. The molecule has 11 heavy (non-hydrogen) atoms. The van der Waals surface area contributed by atoms with Crippen molar-refractivity contribution in [2.24, 2.45) is 0 Å². The Kier molecular flexibility index (Phi) is 3.74. The summed E-state index contributed by atoms with van der Waals surface area (Å²) in [6.07, 6.45) is 0.798. The lowest BCUT2D eigenvalue weighted by molar-refractivity contribution is 0.937. The molecule has 0 aliphatic carbocycles. The molecule has 0 saturated carbocycles. The molecule has 1 radical (unpaired) electrons. The Morgan fingerprint density at radius 1 is 1.45 bits per heavy atom. The minimum Gasteiger partial charge on any atom is -0.125 e. The highest BCUT2D eigenvalue weighted by atomic mass is 35.5. The Hall–Kier alpha value is -0.200. The summed E-state index contributed by atoms with van der Waals surface area (Å²) < 4.78 is 0. The molecule has 0 aliphatic heterocycles. The molecule has 0 aliphatic rings. The van der Waals surface area contributed by atoms with E-state index in [0.717, 1.165) is 12.0 Å². The van der Waals surface area contributed by atoms with Gasteiger partial charge in [-0.1, -0.05) is 24.3 Å². The monoisotopic (exact) mass is 187 g/mol. The number of hydrogen-bond donors (Lipinski definition) is 0. The van der Waals surface area contributed by atoms with Gasteiger partial charge in [0.2, 0.25) is 0 Å². The molecule has 0 nitrogen and oxygen atoms in total. The van der Waals surface area contributed by atoms with E-state index in [1.807, 2.05) is 24.3 Å². The van der Waals surface area contributed by atoms with Crippen molar-refractivity contribution in [3.05, 3.63) is 35.9 Å². The molecule has 0 heterocycles. The van der Waals surface area contributed by atoms with Crippen LogP contribution in [0.5, 0.6) is 0 Å². The Balaban J connectivity index is 2.51. The van der Waals surface area contributed by atoms with Crippen LogP contribution in [0.4, 0.5) is 0 Å². The minimum absolute atomic E-state index is 0.0234. The smallest absolute Gasteiger partial charge is 0.0511 e. The topological polar surface area (TPSA) is 0 Å². The maximum Gasteiger partial charge on any atom is 0.0511 e. The molecular formula is C9H9Cl2. The molecule has 1 aromatic carbocycles. The Morgan fingerprint density at radius 2 is 2.27 bits per heavy atom. The lowest BCUT2D eigenvalue weighted by Crippen LogP contribution is -2.04. The summed E-state index contributed by atoms with van der Waals surface area (Å²) in [5, 5.41) is 0.0234. The lowest BCUT2D eigenvalue weighted by atomic mass is 10.1. The van der Waals surface area contributed by atoms with Crippen LogP contribution in [0.1, 0.15) is 5.56 Å². The summed E-state index contributed by atoms with van der Waals surface area (Å²) in [6.45, 7) is 0. The van der Waals surface area contributed by atoms with Gasteiger partial charge < -0.3 is 0 Å². The normalized spacial score (nSPS) is 12.9. The van der Waals surface area contributed by atoms with Crippen molar-refractivity contribution in [1.82, 2.24) is 0 Å². The van der Waals surface area contributed by atoms with E-state index in [9.17, 15) is 0 Å². The molecule has 2 heteroatoms. The Morgan fingerprint density at radius 3 is 2.82 bits per heavy atom. The molecule has 0 aromatic heterocycles. The van der Waals surface area contributed by atoms with Gasteiger partial charge in [-0.3, -0.25) is 0 Å². The SMILES string of the molecule is ClCC(Cl)Cc1[c]cccc1. The van der Waals surface area contributed by atoms with Gasteiger partial charge in [-0.2, -0.15) is 0 Å². The summed E-state index contributed by atoms with van der Waals surface area (Å²) in [6, 6.07) is 10.9. The molecule has 0 N–H and O–H groups in total. The first-order chi connectivity index (χ1) is 5.33. The lowest BCUT2D eigenvalue weighted by Gasteiger charge is -2.03. The Labute approximate surface area is 77.1 Å². The summed E-state index contributed by atoms with van der Waals surface area (Å²) in [7, 11) is 0. The van der Waals surface area contributed by atoms with Gasteiger partial charge in [0.15, 0.2) is 0 Å². The minimum atomic E-state index is 0.0234. The average Bonchev–Trinajstić information content (AvgIpc) is 2.06. The third-order valence-electron chi connectivity index (χ3n) is 1.38. The number of hydrogen-bond acceptors (Lipinski definition) is 0. The van der Waals surface area contributed by atoms with Gasteiger partial charge in [0, 0.05) is 5.88 Å². The first kappa shape index (κ1) is 8.89. The number of alkyl halides is 2. The third-order valence-corrected chi connectivity index (χ3v) is 2.22. The molecule has 0 fully saturated rings. The van der Waals surface area contributed by atoms with Crippen LogP contribution in [0.2, 0.25) is 0 Å². The molecule has 0 spiro atoms. The van der Waals surface area contributed by atoms with Crippen LogP contribution >= 0.6 is 23.2 Å². The van der Waals surface area contributed by atoms with Crippen molar-refractivity contribution >= 4 is 23.2 Å². The zero-order valence-electron chi connectivity index (χ0n) is 6.06. The second-order valence-electron chi connectivity index (χ2n) is 2.34. The van der Waals surface area contributed by atoms with Crippen molar-refractivity contribution in [2.45, 2.75) is 11.8 Å². The van der Waals surface area contributed by atoms with E-state index in [4.69, 9.17) is 23.2 Å². The van der Waals surface area contributed by atoms with E-state index < -0.39 is 0 Å². The van der Waals surface area contributed by atoms with E-state index in [0.29, 0.717) is 5.88 Å². The predicted molar refractivity (Wildman–Crippen MR) is 49.3 cm³/mol. The molecular weight excluding hydrogens is 179 g/mol. The fourth-order valence-corrected chi connectivity index (χ4v) is 1.13. The van der Waals surface area contributed by atoms with E-state index in [-0.39, 0.29) is 5.38 Å². The van der Waals surface area contributed by atoms with Gasteiger partial charge in [-0.05, 0) is 18.1 Å².